The molecule has 4 heteroatoms. The molecule has 1 saturated heterocycles. The summed E-state index contributed by atoms with van der Waals surface area (Å²) in [5.41, 5.74) is 0.344. The highest BCUT2D eigenvalue weighted by atomic mass is 16.4. The Bertz CT molecular complexity index is 462. The summed E-state index contributed by atoms with van der Waals surface area (Å²) in [7, 11) is 0. The van der Waals surface area contributed by atoms with Crippen LogP contribution in [0.2, 0.25) is 0 Å². The van der Waals surface area contributed by atoms with Gasteiger partial charge in [0, 0.05) is 0 Å². The highest BCUT2D eigenvalue weighted by Gasteiger charge is 2.36. The van der Waals surface area contributed by atoms with Gasteiger partial charge in [0.25, 0.3) is 0 Å². The number of likely N-dealkylation sites (tertiary alicyclic amines) is 1. The normalized spacial score (nSPS) is 18.4. The topological polar surface area (TPSA) is 60.8 Å². The Morgan fingerprint density at radius 3 is 2.47 bits per heavy atom. The maximum absolute atomic E-state index is 11.2. The van der Waals surface area contributed by atoms with Gasteiger partial charge in [-0.25, -0.2) is 0 Å². The number of hydrogen-bond donors (Lipinski definition) is 2. The zero-order valence-electron chi connectivity index (χ0n) is 11.5. The fraction of sp³-hybridized carbons (Fsp3) is 0.533. The molecule has 2 rings (SSSR count). The van der Waals surface area contributed by atoms with E-state index >= 15 is 0 Å². The van der Waals surface area contributed by atoms with Crippen LogP contribution in [0.15, 0.2) is 24.3 Å². The van der Waals surface area contributed by atoms with Gasteiger partial charge in [0.1, 0.15) is 11.3 Å². The zero-order valence-corrected chi connectivity index (χ0v) is 11.5. The molecule has 1 aliphatic rings. The van der Waals surface area contributed by atoms with Crippen molar-refractivity contribution in [2.75, 3.05) is 13.1 Å². The van der Waals surface area contributed by atoms with Gasteiger partial charge in [0.2, 0.25) is 0 Å². The van der Waals surface area contributed by atoms with E-state index in [9.17, 15) is 15.0 Å². The van der Waals surface area contributed by atoms with Crippen molar-refractivity contribution < 1.29 is 15.0 Å². The molecule has 4 nitrogen and oxygen atoms in total. The second kappa shape index (κ2) is 5.21. The summed E-state index contributed by atoms with van der Waals surface area (Å²) in [6.45, 7) is 5.06. The molecule has 0 radical (unpaired) electrons. The van der Waals surface area contributed by atoms with E-state index in [4.69, 9.17) is 0 Å². The van der Waals surface area contributed by atoms with Gasteiger partial charge >= 0.3 is 5.97 Å². The third-order valence-corrected chi connectivity index (χ3v) is 4.15. The van der Waals surface area contributed by atoms with E-state index in [1.54, 1.807) is 19.9 Å². The van der Waals surface area contributed by atoms with Crippen LogP contribution in [-0.4, -0.2) is 39.7 Å². The van der Waals surface area contributed by atoms with E-state index in [2.05, 4.69) is 0 Å². The molecule has 0 saturated carbocycles. The molecule has 0 spiro atoms. The first-order valence-electron chi connectivity index (χ1n) is 6.68. The van der Waals surface area contributed by atoms with Crippen LogP contribution >= 0.6 is 0 Å². The Morgan fingerprint density at radius 1 is 1.32 bits per heavy atom. The number of phenolic OH excluding ortho intramolecular Hbond substituents is 1. The van der Waals surface area contributed by atoms with Crippen LogP contribution in [0.3, 0.4) is 0 Å². The number of carboxylic acid groups (broad SMARTS) is 1. The smallest absolute Gasteiger partial charge is 0.323 e. The molecule has 104 valence electrons. The van der Waals surface area contributed by atoms with Crippen molar-refractivity contribution >= 4 is 5.97 Å². The summed E-state index contributed by atoms with van der Waals surface area (Å²) in [6.07, 6.45) is 1.86. The summed E-state index contributed by atoms with van der Waals surface area (Å²) < 4.78 is 0. The summed E-state index contributed by atoms with van der Waals surface area (Å²) in [5, 5.41) is 18.7. The van der Waals surface area contributed by atoms with Gasteiger partial charge in [0.15, 0.2) is 0 Å². The third kappa shape index (κ3) is 2.89. The van der Waals surface area contributed by atoms with Crippen LogP contribution in [0.5, 0.6) is 5.75 Å². The highest BCUT2D eigenvalue weighted by molar-refractivity contribution is 5.77. The Kier molecular flexibility index (Phi) is 3.80. The molecule has 0 atom stereocenters. The lowest BCUT2D eigenvalue weighted by Crippen LogP contribution is -2.52. The molecule has 1 fully saturated rings. The van der Waals surface area contributed by atoms with Gasteiger partial charge in [-0.2, -0.15) is 0 Å². The Balaban J connectivity index is 2.02. The van der Waals surface area contributed by atoms with Crippen molar-refractivity contribution in [1.29, 1.82) is 0 Å². The first kappa shape index (κ1) is 13.9. The van der Waals surface area contributed by atoms with Gasteiger partial charge < -0.3 is 10.2 Å². The lowest BCUT2D eigenvalue weighted by atomic mass is 9.87. The molecular weight excluding hydrogens is 242 g/mol. The lowest BCUT2D eigenvalue weighted by molar-refractivity contribution is -0.150. The van der Waals surface area contributed by atoms with E-state index < -0.39 is 11.5 Å². The Hall–Kier alpha value is -1.55. The predicted molar refractivity (Wildman–Crippen MR) is 73.4 cm³/mol. The van der Waals surface area contributed by atoms with Crippen molar-refractivity contribution in [2.24, 2.45) is 0 Å². The summed E-state index contributed by atoms with van der Waals surface area (Å²) in [5.74, 6) is -0.0676. The fourth-order valence-electron chi connectivity index (χ4n) is 2.69. The van der Waals surface area contributed by atoms with E-state index in [-0.39, 0.29) is 0 Å². The fourth-order valence-corrected chi connectivity index (χ4v) is 2.69. The Morgan fingerprint density at radius 2 is 1.95 bits per heavy atom. The van der Waals surface area contributed by atoms with Crippen molar-refractivity contribution in [1.82, 2.24) is 4.90 Å². The number of carboxylic acids is 1. The number of benzene rings is 1. The van der Waals surface area contributed by atoms with Gasteiger partial charge in [-0.3, -0.25) is 9.69 Å². The van der Waals surface area contributed by atoms with Crippen LogP contribution < -0.4 is 0 Å². The third-order valence-electron chi connectivity index (χ3n) is 4.15. The average Bonchev–Trinajstić information content (AvgIpc) is 2.38. The van der Waals surface area contributed by atoms with E-state index in [0.29, 0.717) is 11.7 Å². The number of rotatable bonds is 3. The number of phenols is 1. The minimum Gasteiger partial charge on any atom is -0.508 e. The first-order valence-corrected chi connectivity index (χ1v) is 6.68. The predicted octanol–water partition coefficient (Wildman–Crippen LogP) is 2.43. The molecule has 0 aromatic heterocycles. The standard InChI is InChI=1S/C15H21NO3/c1-15(2,14(18)19)16-8-6-11(7-9-16)12-4-3-5-13(17)10-12/h3-5,10-11,17H,6-9H2,1-2H3,(H,18,19). The minimum absolute atomic E-state index is 0.297. The quantitative estimate of drug-likeness (QED) is 0.879. The molecule has 1 heterocycles. The number of nitrogens with zero attached hydrogens (tertiary/aromatic N) is 1. The van der Waals surface area contributed by atoms with E-state index in [0.717, 1.165) is 31.5 Å². The van der Waals surface area contributed by atoms with Gasteiger partial charge in [-0.05, 0) is 63.4 Å². The average molecular weight is 263 g/mol. The zero-order chi connectivity index (χ0) is 14.0. The second-order valence-electron chi connectivity index (χ2n) is 5.72. The first-order chi connectivity index (χ1) is 8.91. The summed E-state index contributed by atoms with van der Waals surface area (Å²) in [6, 6.07) is 7.37. The molecule has 0 aliphatic carbocycles. The van der Waals surface area contributed by atoms with Crippen molar-refractivity contribution in [3.05, 3.63) is 29.8 Å². The Labute approximate surface area is 113 Å². The van der Waals surface area contributed by atoms with Crippen molar-refractivity contribution in [2.45, 2.75) is 38.1 Å². The number of piperidine rings is 1. The molecular formula is C15H21NO3. The highest BCUT2D eigenvalue weighted by Crippen LogP contribution is 2.32. The van der Waals surface area contributed by atoms with Gasteiger partial charge in [0.05, 0.1) is 0 Å². The van der Waals surface area contributed by atoms with Crippen LogP contribution in [0.1, 0.15) is 38.2 Å². The largest absolute Gasteiger partial charge is 0.508 e. The van der Waals surface area contributed by atoms with Crippen LogP contribution in [0, 0.1) is 0 Å². The van der Waals surface area contributed by atoms with Gasteiger partial charge in [-0.1, -0.05) is 12.1 Å². The maximum atomic E-state index is 11.2. The second-order valence-corrected chi connectivity index (χ2v) is 5.72. The molecule has 0 bridgehead atoms. The van der Waals surface area contributed by atoms with E-state index in [1.807, 2.05) is 23.1 Å². The van der Waals surface area contributed by atoms with E-state index in [1.165, 1.54) is 0 Å². The van der Waals surface area contributed by atoms with Crippen molar-refractivity contribution in [3.63, 3.8) is 0 Å². The molecule has 19 heavy (non-hydrogen) atoms. The monoisotopic (exact) mass is 263 g/mol. The van der Waals surface area contributed by atoms with Gasteiger partial charge in [-0.15, -0.1) is 0 Å². The summed E-state index contributed by atoms with van der Waals surface area (Å²) in [4.78, 5) is 13.3. The molecule has 1 aromatic carbocycles. The lowest BCUT2D eigenvalue weighted by Gasteiger charge is -2.40. The van der Waals surface area contributed by atoms with Crippen LogP contribution in [0.25, 0.3) is 0 Å². The SMILES string of the molecule is CC(C)(C(=O)O)N1CCC(c2cccc(O)c2)CC1. The van der Waals surface area contributed by atoms with Crippen LogP contribution in [-0.2, 0) is 4.79 Å². The maximum Gasteiger partial charge on any atom is 0.323 e. The number of hydrogen-bond acceptors (Lipinski definition) is 3. The number of aromatic hydroxyl groups is 1. The molecule has 2 N–H and O–H groups in total. The molecule has 0 amide bonds. The molecule has 0 unspecified atom stereocenters. The summed E-state index contributed by atoms with van der Waals surface area (Å²) >= 11 is 0. The van der Waals surface area contributed by atoms with Crippen molar-refractivity contribution in [3.8, 4) is 5.75 Å². The molecule has 1 aromatic rings. The molecule has 1 aliphatic heterocycles. The minimum atomic E-state index is -0.802. The number of aliphatic carboxylic acids is 1. The van der Waals surface area contributed by atoms with Crippen LogP contribution in [0.4, 0.5) is 0 Å². The number of carbonyl (C=O) groups is 1.